The van der Waals surface area contributed by atoms with E-state index < -0.39 is 0 Å². The lowest BCUT2D eigenvalue weighted by Crippen LogP contribution is -1.85. The zero-order valence-electron chi connectivity index (χ0n) is 8.04. The van der Waals surface area contributed by atoms with Crippen LogP contribution in [0.15, 0.2) is 54.9 Å². The van der Waals surface area contributed by atoms with Crippen LogP contribution in [0.2, 0.25) is 0 Å². The second-order valence-corrected chi connectivity index (χ2v) is 3.32. The number of hydrogen-bond donors (Lipinski definition) is 0. The molecule has 3 heteroatoms. The molecule has 0 spiro atoms. The van der Waals surface area contributed by atoms with E-state index >= 15 is 0 Å². The SMILES string of the molecule is c1ccc(-c2cn3ncccc3n2)cc1. The molecule has 0 bridgehead atoms. The summed E-state index contributed by atoms with van der Waals surface area (Å²) in [6, 6.07) is 13.9. The molecule has 0 unspecified atom stereocenters. The Morgan fingerprint density at radius 1 is 0.933 bits per heavy atom. The van der Waals surface area contributed by atoms with Crippen LogP contribution in [-0.4, -0.2) is 14.6 Å². The highest BCUT2D eigenvalue weighted by atomic mass is 15.2. The number of rotatable bonds is 1. The van der Waals surface area contributed by atoms with Gasteiger partial charge < -0.3 is 0 Å². The number of aromatic nitrogens is 3. The van der Waals surface area contributed by atoms with Crippen LogP contribution in [0.1, 0.15) is 0 Å². The Balaban J connectivity index is 2.21. The molecule has 0 saturated carbocycles. The average Bonchev–Trinajstić information content (AvgIpc) is 2.74. The maximum atomic E-state index is 4.48. The molecule has 0 aliphatic rings. The van der Waals surface area contributed by atoms with Gasteiger partial charge in [0.2, 0.25) is 0 Å². The minimum absolute atomic E-state index is 0.872. The Labute approximate surface area is 87.0 Å². The predicted octanol–water partition coefficient (Wildman–Crippen LogP) is 2.40. The van der Waals surface area contributed by atoms with Crippen molar-refractivity contribution in [3.05, 3.63) is 54.9 Å². The third kappa shape index (κ3) is 1.38. The van der Waals surface area contributed by atoms with Crippen molar-refractivity contribution in [3.63, 3.8) is 0 Å². The van der Waals surface area contributed by atoms with E-state index in [9.17, 15) is 0 Å². The van der Waals surface area contributed by atoms with E-state index in [0.29, 0.717) is 0 Å². The summed E-state index contributed by atoms with van der Waals surface area (Å²) in [7, 11) is 0. The molecule has 0 amide bonds. The molecule has 3 rings (SSSR count). The van der Waals surface area contributed by atoms with E-state index in [1.165, 1.54) is 0 Å². The van der Waals surface area contributed by atoms with Gasteiger partial charge >= 0.3 is 0 Å². The first-order valence-electron chi connectivity index (χ1n) is 4.79. The molecule has 15 heavy (non-hydrogen) atoms. The summed E-state index contributed by atoms with van der Waals surface area (Å²) < 4.78 is 1.78. The van der Waals surface area contributed by atoms with Gasteiger partial charge in [-0.2, -0.15) is 5.10 Å². The van der Waals surface area contributed by atoms with Crippen molar-refractivity contribution in [1.29, 1.82) is 0 Å². The molecule has 0 aliphatic heterocycles. The maximum absolute atomic E-state index is 4.48. The summed E-state index contributed by atoms with van der Waals surface area (Å²) in [5, 5.41) is 4.18. The molecular formula is C12H9N3. The summed E-state index contributed by atoms with van der Waals surface area (Å²) >= 11 is 0. The van der Waals surface area contributed by atoms with E-state index in [1.807, 2.05) is 48.7 Å². The molecule has 0 saturated heterocycles. The summed E-state index contributed by atoms with van der Waals surface area (Å²) in [5.74, 6) is 0. The molecular weight excluding hydrogens is 186 g/mol. The first kappa shape index (κ1) is 8.17. The van der Waals surface area contributed by atoms with Gasteiger partial charge in [-0.1, -0.05) is 30.3 Å². The van der Waals surface area contributed by atoms with Gasteiger partial charge in [0.05, 0.1) is 11.9 Å². The lowest BCUT2D eigenvalue weighted by Gasteiger charge is -1.92. The van der Waals surface area contributed by atoms with Gasteiger partial charge in [-0.05, 0) is 12.1 Å². The number of hydrogen-bond acceptors (Lipinski definition) is 2. The van der Waals surface area contributed by atoms with E-state index in [0.717, 1.165) is 16.9 Å². The van der Waals surface area contributed by atoms with Crippen molar-refractivity contribution in [2.24, 2.45) is 0 Å². The molecule has 2 aromatic heterocycles. The fourth-order valence-corrected chi connectivity index (χ4v) is 1.58. The lowest BCUT2D eigenvalue weighted by atomic mass is 10.2. The topological polar surface area (TPSA) is 30.2 Å². The Morgan fingerprint density at radius 3 is 2.60 bits per heavy atom. The zero-order chi connectivity index (χ0) is 10.1. The fourth-order valence-electron chi connectivity index (χ4n) is 1.58. The summed E-state index contributed by atoms with van der Waals surface area (Å²) in [4.78, 5) is 4.48. The van der Waals surface area contributed by atoms with Gasteiger partial charge in [-0.3, -0.25) is 0 Å². The molecule has 3 aromatic rings. The van der Waals surface area contributed by atoms with Crippen LogP contribution in [0.25, 0.3) is 16.9 Å². The van der Waals surface area contributed by atoms with Crippen LogP contribution in [0.5, 0.6) is 0 Å². The first-order valence-corrected chi connectivity index (χ1v) is 4.79. The average molecular weight is 195 g/mol. The van der Waals surface area contributed by atoms with Gasteiger partial charge in [0.1, 0.15) is 0 Å². The highest BCUT2D eigenvalue weighted by molar-refractivity contribution is 5.61. The zero-order valence-corrected chi connectivity index (χ0v) is 8.04. The van der Waals surface area contributed by atoms with Crippen LogP contribution in [0.4, 0.5) is 0 Å². The highest BCUT2D eigenvalue weighted by Crippen LogP contribution is 2.17. The maximum Gasteiger partial charge on any atom is 0.154 e. The van der Waals surface area contributed by atoms with Crippen LogP contribution in [0, 0.1) is 0 Å². The molecule has 0 aliphatic carbocycles. The largest absolute Gasteiger partial charge is 0.227 e. The summed E-state index contributed by atoms with van der Waals surface area (Å²) in [6.45, 7) is 0. The van der Waals surface area contributed by atoms with Crippen molar-refractivity contribution in [1.82, 2.24) is 14.6 Å². The lowest BCUT2D eigenvalue weighted by molar-refractivity contribution is 0.936. The van der Waals surface area contributed by atoms with Gasteiger partial charge in [-0.15, -0.1) is 0 Å². The Bertz CT molecular complexity index is 551. The van der Waals surface area contributed by atoms with Crippen molar-refractivity contribution in [2.75, 3.05) is 0 Å². The molecule has 0 fully saturated rings. The molecule has 72 valence electrons. The minimum atomic E-state index is 0.872. The van der Waals surface area contributed by atoms with Gasteiger partial charge in [-0.25, -0.2) is 9.50 Å². The molecule has 0 radical (unpaired) electrons. The quantitative estimate of drug-likeness (QED) is 0.596. The second kappa shape index (κ2) is 3.20. The van der Waals surface area contributed by atoms with Gasteiger partial charge in [0.15, 0.2) is 5.65 Å². The van der Waals surface area contributed by atoms with Crippen molar-refractivity contribution in [3.8, 4) is 11.3 Å². The third-order valence-corrected chi connectivity index (χ3v) is 2.31. The van der Waals surface area contributed by atoms with Crippen LogP contribution < -0.4 is 0 Å². The smallest absolute Gasteiger partial charge is 0.154 e. The van der Waals surface area contributed by atoms with E-state index in [4.69, 9.17) is 0 Å². The van der Waals surface area contributed by atoms with E-state index in [2.05, 4.69) is 10.1 Å². The monoisotopic (exact) mass is 195 g/mol. The second-order valence-electron chi connectivity index (χ2n) is 3.32. The number of benzene rings is 1. The first-order chi connectivity index (χ1) is 7.43. The van der Waals surface area contributed by atoms with Crippen molar-refractivity contribution >= 4 is 5.65 Å². The van der Waals surface area contributed by atoms with Crippen LogP contribution >= 0.6 is 0 Å². The number of nitrogens with zero attached hydrogens (tertiary/aromatic N) is 3. The standard InChI is InChI=1S/C12H9N3/c1-2-5-10(6-3-1)11-9-15-12(14-11)7-4-8-13-15/h1-9H. The molecule has 0 N–H and O–H groups in total. The normalized spacial score (nSPS) is 10.7. The minimum Gasteiger partial charge on any atom is -0.227 e. The Kier molecular flexibility index (Phi) is 1.75. The summed E-state index contributed by atoms with van der Waals surface area (Å²) in [6.07, 6.45) is 3.69. The van der Waals surface area contributed by atoms with Gasteiger partial charge in [0.25, 0.3) is 0 Å². The number of imidazole rings is 1. The molecule has 0 atom stereocenters. The molecule has 2 heterocycles. The number of fused-ring (bicyclic) bond motifs is 1. The predicted molar refractivity (Wildman–Crippen MR) is 58.4 cm³/mol. The van der Waals surface area contributed by atoms with E-state index in [1.54, 1.807) is 10.7 Å². The van der Waals surface area contributed by atoms with E-state index in [-0.39, 0.29) is 0 Å². The Hall–Kier alpha value is -2.16. The molecule has 1 aromatic carbocycles. The fraction of sp³-hybridized carbons (Fsp3) is 0. The van der Waals surface area contributed by atoms with Crippen molar-refractivity contribution in [2.45, 2.75) is 0 Å². The van der Waals surface area contributed by atoms with Crippen molar-refractivity contribution < 1.29 is 0 Å². The van der Waals surface area contributed by atoms with Crippen LogP contribution in [0.3, 0.4) is 0 Å². The third-order valence-electron chi connectivity index (χ3n) is 2.31. The van der Waals surface area contributed by atoms with Crippen LogP contribution in [-0.2, 0) is 0 Å². The highest BCUT2D eigenvalue weighted by Gasteiger charge is 2.02. The Morgan fingerprint density at radius 2 is 1.80 bits per heavy atom. The van der Waals surface area contributed by atoms with Gasteiger partial charge in [0, 0.05) is 11.8 Å². The molecule has 3 nitrogen and oxygen atoms in total. The summed E-state index contributed by atoms with van der Waals surface area (Å²) in [5.41, 5.74) is 2.94.